The van der Waals surface area contributed by atoms with E-state index in [1.807, 2.05) is 31.6 Å². The van der Waals surface area contributed by atoms with Crippen LogP contribution in [0.3, 0.4) is 0 Å². The van der Waals surface area contributed by atoms with Gasteiger partial charge in [0.25, 0.3) is 0 Å². The molecule has 1 fully saturated rings. The van der Waals surface area contributed by atoms with Crippen molar-refractivity contribution >= 4 is 5.91 Å². The number of amides is 1. The minimum absolute atomic E-state index is 0.139. The smallest absolute Gasteiger partial charge is 0.223 e. The Bertz CT molecular complexity index is 623. The number of carbonyl (C=O) groups is 1. The molecule has 0 bridgehead atoms. The number of imidazole rings is 1. The molecule has 2 atom stereocenters. The highest BCUT2D eigenvalue weighted by Gasteiger charge is 2.43. The van der Waals surface area contributed by atoms with Crippen molar-refractivity contribution in [1.29, 1.82) is 0 Å². The van der Waals surface area contributed by atoms with Crippen molar-refractivity contribution in [3.63, 3.8) is 0 Å². The van der Waals surface area contributed by atoms with Gasteiger partial charge in [-0.15, -0.1) is 0 Å². The van der Waals surface area contributed by atoms with E-state index in [0.717, 1.165) is 38.2 Å². The molecule has 2 heterocycles. The van der Waals surface area contributed by atoms with E-state index in [-0.39, 0.29) is 11.8 Å². The highest BCUT2D eigenvalue weighted by atomic mass is 16.2. The van der Waals surface area contributed by atoms with Crippen molar-refractivity contribution in [3.8, 4) is 0 Å². The van der Waals surface area contributed by atoms with E-state index < -0.39 is 0 Å². The maximum Gasteiger partial charge on any atom is 0.223 e. The number of hydrogen-bond acceptors (Lipinski definition) is 3. The summed E-state index contributed by atoms with van der Waals surface area (Å²) in [6.45, 7) is 3.72. The summed E-state index contributed by atoms with van der Waals surface area (Å²) in [6, 6.07) is 3.99. The number of unbranched alkanes of at least 4 members (excludes halogenated alkanes) is 1. The first-order valence-corrected chi connectivity index (χ1v) is 7.91. The van der Waals surface area contributed by atoms with E-state index in [2.05, 4.69) is 25.9 Å². The summed E-state index contributed by atoms with van der Waals surface area (Å²) in [5.74, 6) is 1.73. The third-order valence-corrected chi connectivity index (χ3v) is 4.29. The molecule has 0 aromatic carbocycles. The summed E-state index contributed by atoms with van der Waals surface area (Å²) >= 11 is 0. The molecule has 1 saturated carbocycles. The molecule has 3 rings (SSSR count). The number of carbonyl (C=O) groups excluding carboxylic acids is 1. The van der Waals surface area contributed by atoms with Gasteiger partial charge in [-0.3, -0.25) is 9.78 Å². The van der Waals surface area contributed by atoms with Gasteiger partial charge in [-0.05, 0) is 43.7 Å². The van der Waals surface area contributed by atoms with E-state index in [9.17, 15) is 4.79 Å². The lowest BCUT2D eigenvalue weighted by molar-refractivity contribution is -0.122. The van der Waals surface area contributed by atoms with Crippen LogP contribution in [0.5, 0.6) is 0 Å². The Kier molecular flexibility index (Phi) is 4.51. The molecule has 1 amide bonds. The van der Waals surface area contributed by atoms with Gasteiger partial charge in [-0.25, -0.2) is 4.98 Å². The predicted octanol–water partition coefficient (Wildman–Crippen LogP) is 2.29. The molecule has 5 heteroatoms. The van der Waals surface area contributed by atoms with Crippen LogP contribution in [-0.2, 0) is 11.3 Å². The van der Waals surface area contributed by atoms with Gasteiger partial charge >= 0.3 is 0 Å². The zero-order valence-corrected chi connectivity index (χ0v) is 12.9. The zero-order valence-electron chi connectivity index (χ0n) is 12.9. The van der Waals surface area contributed by atoms with E-state index in [1.165, 1.54) is 5.56 Å². The van der Waals surface area contributed by atoms with Gasteiger partial charge in [-0.1, -0.05) is 6.07 Å². The van der Waals surface area contributed by atoms with Crippen LogP contribution >= 0.6 is 0 Å². The Morgan fingerprint density at radius 2 is 2.32 bits per heavy atom. The van der Waals surface area contributed by atoms with Gasteiger partial charge in [0.2, 0.25) is 5.91 Å². The minimum atomic E-state index is 0.139. The fraction of sp³-hybridized carbons (Fsp3) is 0.471. The number of aromatic nitrogens is 3. The van der Waals surface area contributed by atoms with Gasteiger partial charge in [0.15, 0.2) is 0 Å². The molecule has 1 aliphatic rings. The fourth-order valence-corrected chi connectivity index (χ4v) is 2.84. The molecule has 0 spiro atoms. The van der Waals surface area contributed by atoms with Crippen molar-refractivity contribution < 1.29 is 4.79 Å². The van der Waals surface area contributed by atoms with E-state index in [1.54, 1.807) is 6.20 Å². The summed E-state index contributed by atoms with van der Waals surface area (Å²) in [6.07, 6.45) is 10.4. The van der Waals surface area contributed by atoms with Gasteiger partial charge in [0.05, 0.1) is 0 Å². The van der Waals surface area contributed by atoms with Crippen LogP contribution in [0.2, 0.25) is 0 Å². The molecule has 2 unspecified atom stereocenters. The van der Waals surface area contributed by atoms with Gasteiger partial charge in [-0.2, -0.15) is 0 Å². The summed E-state index contributed by atoms with van der Waals surface area (Å²) in [7, 11) is 0. The molecule has 5 nitrogen and oxygen atoms in total. The third-order valence-electron chi connectivity index (χ3n) is 4.29. The van der Waals surface area contributed by atoms with Crippen molar-refractivity contribution in [2.24, 2.45) is 5.92 Å². The van der Waals surface area contributed by atoms with Crippen molar-refractivity contribution in [3.05, 3.63) is 48.3 Å². The Morgan fingerprint density at radius 3 is 3.05 bits per heavy atom. The van der Waals surface area contributed by atoms with Crippen molar-refractivity contribution in [2.45, 2.75) is 38.6 Å². The van der Waals surface area contributed by atoms with Crippen LogP contribution in [0.1, 0.15) is 36.6 Å². The molecule has 22 heavy (non-hydrogen) atoms. The van der Waals surface area contributed by atoms with Gasteiger partial charge in [0, 0.05) is 43.8 Å². The normalized spacial score (nSPS) is 19.9. The topological polar surface area (TPSA) is 59.8 Å². The first-order valence-electron chi connectivity index (χ1n) is 7.91. The van der Waals surface area contributed by atoms with Crippen LogP contribution in [0, 0.1) is 12.8 Å². The van der Waals surface area contributed by atoms with Gasteiger partial charge in [0.1, 0.15) is 5.82 Å². The van der Waals surface area contributed by atoms with Crippen LogP contribution in [-0.4, -0.2) is 27.0 Å². The SMILES string of the molecule is Cc1nccn1CCCCNC(=O)C1CC1c1cccnc1. The van der Waals surface area contributed by atoms with Crippen LogP contribution in [0.15, 0.2) is 36.9 Å². The highest BCUT2D eigenvalue weighted by molar-refractivity contribution is 5.82. The average molecular weight is 298 g/mol. The second-order valence-corrected chi connectivity index (χ2v) is 5.90. The second-order valence-electron chi connectivity index (χ2n) is 5.90. The zero-order chi connectivity index (χ0) is 15.4. The van der Waals surface area contributed by atoms with E-state index in [0.29, 0.717) is 5.92 Å². The fourth-order valence-electron chi connectivity index (χ4n) is 2.84. The number of hydrogen-bond donors (Lipinski definition) is 1. The lowest BCUT2D eigenvalue weighted by Gasteiger charge is -2.07. The minimum Gasteiger partial charge on any atom is -0.356 e. The van der Waals surface area contributed by atoms with Crippen molar-refractivity contribution in [2.75, 3.05) is 6.54 Å². The standard InChI is InChI=1S/C17H22N4O/c1-13-19-8-10-21(13)9-3-2-7-20-17(22)16-11-15(16)14-5-4-6-18-12-14/h4-6,8,10,12,15-16H,2-3,7,9,11H2,1H3,(H,20,22). The Morgan fingerprint density at radius 1 is 1.41 bits per heavy atom. The summed E-state index contributed by atoms with van der Waals surface area (Å²) in [5.41, 5.74) is 1.18. The second kappa shape index (κ2) is 6.73. The summed E-state index contributed by atoms with van der Waals surface area (Å²) < 4.78 is 2.14. The van der Waals surface area contributed by atoms with Crippen molar-refractivity contribution in [1.82, 2.24) is 19.9 Å². The first-order chi connectivity index (χ1) is 10.8. The quantitative estimate of drug-likeness (QED) is 0.798. The molecule has 0 radical (unpaired) electrons. The lowest BCUT2D eigenvalue weighted by Crippen LogP contribution is -2.26. The first kappa shape index (κ1) is 14.8. The Balaban J connectivity index is 1.33. The number of nitrogens with one attached hydrogen (secondary N) is 1. The van der Waals surface area contributed by atoms with E-state index >= 15 is 0 Å². The maximum atomic E-state index is 12.1. The summed E-state index contributed by atoms with van der Waals surface area (Å²) in [5, 5.41) is 3.05. The Labute approximate surface area is 130 Å². The molecular formula is C17H22N4O. The molecule has 0 saturated heterocycles. The summed E-state index contributed by atoms with van der Waals surface area (Å²) in [4.78, 5) is 20.4. The number of rotatable bonds is 7. The van der Waals surface area contributed by atoms with Crippen LogP contribution in [0.25, 0.3) is 0 Å². The number of nitrogens with zero attached hydrogens (tertiary/aromatic N) is 3. The number of aryl methyl sites for hydroxylation is 2. The molecule has 2 aromatic heterocycles. The van der Waals surface area contributed by atoms with Gasteiger partial charge < -0.3 is 9.88 Å². The molecule has 0 aliphatic heterocycles. The molecule has 1 N–H and O–H groups in total. The maximum absolute atomic E-state index is 12.1. The lowest BCUT2D eigenvalue weighted by atomic mass is 10.1. The van der Waals surface area contributed by atoms with E-state index in [4.69, 9.17) is 0 Å². The molecule has 2 aromatic rings. The molecule has 116 valence electrons. The average Bonchev–Trinajstić information content (AvgIpc) is 3.25. The Hall–Kier alpha value is -2.17. The van der Waals surface area contributed by atoms with Crippen LogP contribution < -0.4 is 5.32 Å². The van der Waals surface area contributed by atoms with Crippen LogP contribution in [0.4, 0.5) is 0 Å². The predicted molar refractivity (Wildman–Crippen MR) is 84.3 cm³/mol. The largest absolute Gasteiger partial charge is 0.356 e. The highest BCUT2D eigenvalue weighted by Crippen LogP contribution is 2.47. The molecule has 1 aliphatic carbocycles. The number of pyridine rings is 1. The monoisotopic (exact) mass is 298 g/mol. The third kappa shape index (κ3) is 3.53. The molecular weight excluding hydrogens is 276 g/mol.